The van der Waals surface area contributed by atoms with Crippen molar-refractivity contribution in [3.63, 3.8) is 0 Å². The summed E-state index contributed by atoms with van der Waals surface area (Å²) in [5.74, 6) is 0. The van der Waals surface area contributed by atoms with Gasteiger partial charge in [-0.1, -0.05) is 0 Å². The van der Waals surface area contributed by atoms with E-state index in [0.717, 1.165) is 18.4 Å². The van der Waals surface area contributed by atoms with E-state index < -0.39 is 36.0 Å². The Hall–Kier alpha value is -2.23. The monoisotopic (exact) mass is 345 g/mol. The lowest BCUT2D eigenvalue weighted by Crippen LogP contribution is -2.38. The molecular weight excluding hydrogens is 326 g/mol. The predicted octanol–water partition coefficient (Wildman–Crippen LogP) is 2.53. The van der Waals surface area contributed by atoms with Crippen molar-refractivity contribution in [1.82, 2.24) is 0 Å². The summed E-state index contributed by atoms with van der Waals surface area (Å²) in [5, 5.41) is 22.8. The lowest BCUT2D eigenvalue weighted by molar-refractivity contribution is -0.393. The largest absolute Gasteiger partial charge is 0.355 e. The van der Waals surface area contributed by atoms with Gasteiger partial charge in [-0.3, -0.25) is 20.2 Å². The number of anilines is 1. The van der Waals surface area contributed by atoms with Crippen LogP contribution in [0, 0.1) is 20.2 Å². The Morgan fingerprint density at radius 2 is 1.30 bits per heavy atom. The van der Waals surface area contributed by atoms with E-state index in [4.69, 9.17) is 0 Å². The van der Waals surface area contributed by atoms with Crippen molar-refractivity contribution in [3.05, 3.63) is 32.4 Å². The van der Waals surface area contributed by atoms with E-state index in [9.17, 15) is 28.6 Å². The summed E-state index contributed by atoms with van der Waals surface area (Å²) >= 11 is 0. The van der Waals surface area contributed by atoms with Crippen molar-refractivity contribution >= 4 is 26.9 Å². The maximum Gasteiger partial charge on any atom is 0.300 e. The van der Waals surface area contributed by atoms with E-state index in [1.807, 2.05) is 0 Å². The lowest BCUT2D eigenvalue weighted by Gasteiger charge is -2.32. The second-order valence-electron chi connectivity index (χ2n) is 5.69. The molecule has 0 bridgehead atoms. The Kier molecular flexibility index (Phi) is 5.31. The molecule has 0 spiro atoms. The molecule has 1 rings (SSSR count). The standard InChI is InChI=1S/C13H19N3O6S/c1-8(2)14(9(3)4)13-11(15(17)18)6-10(23(5,21)22)7-12(13)16(19)20/h6-9H,1-5H3. The van der Waals surface area contributed by atoms with Gasteiger partial charge in [0.15, 0.2) is 15.5 Å². The minimum Gasteiger partial charge on any atom is -0.355 e. The maximum absolute atomic E-state index is 11.7. The summed E-state index contributed by atoms with van der Waals surface area (Å²) in [6, 6.07) is 1.23. The predicted molar refractivity (Wildman–Crippen MR) is 85.6 cm³/mol. The van der Waals surface area contributed by atoms with Crippen LogP contribution in [0.1, 0.15) is 27.7 Å². The quantitative estimate of drug-likeness (QED) is 0.573. The Morgan fingerprint density at radius 3 is 1.52 bits per heavy atom. The van der Waals surface area contributed by atoms with Gasteiger partial charge >= 0.3 is 11.4 Å². The van der Waals surface area contributed by atoms with Crippen LogP contribution in [0.3, 0.4) is 0 Å². The van der Waals surface area contributed by atoms with Crippen LogP contribution in [-0.2, 0) is 9.84 Å². The van der Waals surface area contributed by atoms with Crippen LogP contribution in [0.5, 0.6) is 0 Å². The molecule has 0 radical (unpaired) electrons. The first-order valence-corrected chi connectivity index (χ1v) is 8.72. The van der Waals surface area contributed by atoms with Gasteiger partial charge in [0.1, 0.15) is 0 Å². The molecule has 0 aliphatic rings. The van der Waals surface area contributed by atoms with Gasteiger partial charge in [-0.05, 0) is 27.7 Å². The number of nitro groups is 2. The molecule has 0 atom stereocenters. The highest BCUT2D eigenvalue weighted by Crippen LogP contribution is 2.41. The van der Waals surface area contributed by atoms with E-state index >= 15 is 0 Å². The van der Waals surface area contributed by atoms with Gasteiger partial charge in [0.25, 0.3) is 0 Å². The highest BCUT2D eigenvalue weighted by molar-refractivity contribution is 7.90. The van der Waals surface area contributed by atoms with Gasteiger partial charge < -0.3 is 4.90 Å². The molecule has 0 aromatic heterocycles. The van der Waals surface area contributed by atoms with Crippen LogP contribution in [0.4, 0.5) is 17.1 Å². The van der Waals surface area contributed by atoms with Crippen LogP contribution in [-0.4, -0.2) is 36.6 Å². The van der Waals surface area contributed by atoms with Crippen molar-refractivity contribution in [2.75, 3.05) is 11.2 Å². The molecule has 0 aliphatic heterocycles. The van der Waals surface area contributed by atoms with Gasteiger partial charge in [-0.2, -0.15) is 0 Å². The van der Waals surface area contributed by atoms with Crippen molar-refractivity contribution < 1.29 is 18.3 Å². The summed E-state index contributed by atoms with van der Waals surface area (Å²) in [6.07, 6.45) is 0.845. The second kappa shape index (κ2) is 6.49. The highest BCUT2D eigenvalue weighted by Gasteiger charge is 2.35. The molecule has 0 aliphatic carbocycles. The molecule has 23 heavy (non-hydrogen) atoms. The van der Waals surface area contributed by atoms with E-state index in [0.29, 0.717) is 0 Å². The average Bonchev–Trinajstić information content (AvgIpc) is 2.35. The minimum absolute atomic E-state index is 0.183. The molecule has 1 aromatic carbocycles. The zero-order valence-corrected chi connectivity index (χ0v) is 14.3. The molecule has 0 heterocycles. The fourth-order valence-corrected chi connectivity index (χ4v) is 3.10. The topological polar surface area (TPSA) is 124 Å². The maximum atomic E-state index is 11.7. The zero-order valence-electron chi connectivity index (χ0n) is 13.5. The smallest absolute Gasteiger partial charge is 0.300 e. The van der Waals surface area contributed by atoms with Crippen LogP contribution in [0.15, 0.2) is 17.0 Å². The van der Waals surface area contributed by atoms with Gasteiger partial charge in [0.2, 0.25) is 0 Å². The number of rotatable bonds is 6. The van der Waals surface area contributed by atoms with E-state index in [1.165, 1.54) is 4.90 Å². The SMILES string of the molecule is CC(C)N(c1c([N+](=O)[O-])cc(S(C)(=O)=O)cc1[N+](=O)[O-])C(C)C. The van der Waals surface area contributed by atoms with Gasteiger partial charge in [0, 0.05) is 30.5 Å². The summed E-state index contributed by atoms with van der Waals surface area (Å²) in [6.45, 7) is 6.99. The van der Waals surface area contributed by atoms with Crippen molar-refractivity contribution in [2.45, 2.75) is 44.7 Å². The summed E-state index contributed by atoms with van der Waals surface area (Å²) in [7, 11) is -3.83. The number of nitro benzene ring substituents is 2. The van der Waals surface area contributed by atoms with Crippen molar-refractivity contribution in [2.24, 2.45) is 0 Å². The lowest BCUT2D eigenvalue weighted by atomic mass is 10.1. The van der Waals surface area contributed by atoms with Crippen molar-refractivity contribution in [3.8, 4) is 0 Å². The van der Waals surface area contributed by atoms with Crippen LogP contribution in [0.2, 0.25) is 0 Å². The second-order valence-corrected chi connectivity index (χ2v) is 7.71. The Balaban J connectivity index is 3.93. The van der Waals surface area contributed by atoms with E-state index in [-0.39, 0.29) is 17.8 Å². The number of hydrogen-bond donors (Lipinski definition) is 0. The molecule has 0 fully saturated rings. The van der Waals surface area contributed by atoms with Gasteiger partial charge in [0.05, 0.1) is 14.7 Å². The molecule has 9 nitrogen and oxygen atoms in total. The van der Waals surface area contributed by atoms with Crippen LogP contribution < -0.4 is 4.90 Å². The minimum atomic E-state index is -3.83. The Bertz CT molecular complexity index is 699. The fourth-order valence-electron chi connectivity index (χ4n) is 2.45. The molecule has 0 saturated carbocycles. The molecular formula is C13H19N3O6S. The van der Waals surface area contributed by atoms with E-state index in [1.54, 1.807) is 27.7 Å². The summed E-state index contributed by atoms with van der Waals surface area (Å²) in [5.41, 5.74) is -1.37. The first-order chi connectivity index (χ1) is 10.4. The molecule has 128 valence electrons. The van der Waals surface area contributed by atoms with Gasteiger partial charge in [-0.25, -0.2) is 8.42 Å². The molecule has 0 saturated heterocycles. The third-order valence-electron chi connectivity index (χ3n) is 3.24. The summed E-state index contributed by atoms with van der Waals surface area (Å²) < 4.78 is 23.3. The first-order valence-electron chi connectivity index (χ1n) is 6.83. The van der Waals surface area contributed by atoms with Crippen molar-refractivity contribution in [1.29, 1.82) is 0 Å². The molecule has 0 unspecified atom stereocenters. The first kappa shape index (κ1) is 18.8. The van der Waals surface area contributed by atoms with Crippen LogP contribution >= 0.6 is 0 Å². The number of hydrogen-bond acceptors (Lipinski definition) is 7. The third kappa shape index (κ3) is 3.95. The normalized spacial score (nSPS) is 11.8. The molecule has 10 heteroatoms. The Morgan fingerprint density at radius 1 is 0.957 bits per heavy atom. The molecule has 1 aromatic rings. The molecule has 0 amide bonds. The van der Waals surface area contributed by atoms with Crippen LogP contribution in [0.25, 0.3) is 0 Å². The van der Waals surface area contributed by atoms with E-state index in [2.05, 4.69) is 0 Å². The highest BCUT2D eigenvalue weighted by atomic mass is 32.2. The summed E-state index contributed by atoms with van der Waals surface area (Å²) in [4.78, 5) is 22.3. The number of sulfone groups is 1. The number of nitrogens with zero attached hydrogens (tertiary/aromatic N) is 3. The van der Waals surface area contributed by atoms with Gasteiger partial charge in [-0.15, -0.1) is 0 Å². The third-order valence-corrected chi connectivity index (χ3v) is 4.33. The number of benzene rings is 1. The molecule has 0 N–H and O–H groups in total. The fraction of sp³-hybridized carbons (Fsp3) is 0.538. The zero-order chi connectivity index (χ0) is 18.1. The Labute approximate surface area is 134 Å². The average molecular weight is 345 g/mol.